The van der Waals surface area contributed by atoms with E-state index in [0.29, 0.717) is 17.9 Å². The molecule has 2 heteroatoms. The van der Waals surface area contributed by atoms with E-state index in [1.165, 1.54) is 19.3 Å². The maximum absolute atomic E-state index is 11.7. The SMILES string of the molecule is C[C@H]1CCC2CCC2C(=O)N1C. The Bertz CT molecular complexity index is 192. The van der Waals surface area contributed by atoms with Crippen LogP contribution in [0, 0.1) is 11.8 Å². The quantitative estimate of drug-likeness (QED) is 0.537. The van der Waals surface area contributed by atoms with Gasteiger partial charge in [-0.2, -0.15) is 0 Å². The van der Waals surface area contributed by atoms with Crippen LogP contribution >= 0.6 is 0 Å². The van der Waals surface area contributed by atoms with Gasteiger partial charge in [-0.1, -0.05) is 0 Å². The van der Waals surface area contributed by atoms with Crippen molar-refractivity contribution < 1.29 is 4.79 Å². The van der Waals surface area contributed by atoms with Crippen LogP contribution in [0.3, 0.4) is 0 Å². The summed E-state index contributed by atoms with van der Waals surface area (Å²) in [6, 6.07) is 0.461. The highest BCUT2D eigenvalue weighted by Crippen LogP contribution is 2.41. The molecule has 1 aliphatic heterocycles. The molecule has 2 fully saturated rings. The highest BCUT2D eigenvalue weighted by atomic mass is 16.2. The summed E-state index contributed by atoms with van der Waals surface area (Å²) in [4.78, 5) is 13.7. The van der Waals surface area contributed by atoms with Gasteiger partial charge in [0.15, 0.2) is 0 Å². The zero-order valence-electron chi connectivity index (χ0n) is 7.92. The number of hydrogen-bond donors (Lipinski definition) is 0. The molecule has 0 aromatic carbocycles. The van der Waals surface area contributed by atoms with E-state index < -0.39 is 0 Å². The van der Waals surface area contributed by atoms with Crippen molar-refractivity contribution in [1.29, 1.82) is 0 Å². The van der Waals surface area contributed by atoms with Gasteiger partial charge in [-0.25, -0.2) is 0 Å². The van der Waals surface area contributed by atoms with Crippen LogP contribution in [0.4, 0.5) is 0 Å². The molecule has 0 bridgehead atoms. The van der Waals surface area contributed by atoms with Crippen molar-refractivity contribution in [1.82, 2.24) is 4.90 Å². The van der Waals surface area contributed by atoms with Crippen LogP contribution in [0.15, 0.2) is 0 Å². The van der Waals surface area contributed by atoms with Gasteiger partial charge in [-0.15, -0.1) is 0 Å². The van der Waals surface area contributed by atoms with E-state index in [1.807, 2.05) is 11.9 Å². The van der Waals surface area contributed by atoms with Gasteiger partial charge in [-0.05, 0) is 38.5 Å². The number of carbonyl (C=O) groups is 1. The largest absolute Gasteiger partial charge is 0.343 e. The molecule has 1 aliphatic carbocycles. The summed E-state index contributed by atoms with van der Waals surface area (Å²) in [5.74, 6) is 1.51. The van der Waals surface area contributed by atoms with Gasteiger partial charge < -0.3 is 4.90 Å². The fourth-order valence-corrected chi connectivity index (χ4v) is 2.37. The van der Waals surface area contributed by atoms with Crippen molar-refractivity contribution in [3.8, 4) is 0 Å². The van der Waals surface area contributed by atoms with Crippen LogP contribution in [0.25, 0.3) is 0 Å². The number of fused-ring (bicyclic) bond motifs is 1. The lowest BCUT2D eigenvalue weighted by atomic mass is 9.71. The summed E-state index contributed by atoms with van der Waals surface area (Å²) in [7, 11) is 1.95. The molecular formula is C10H17NO. The van der Waals surface area contributed by atoms with Crippen molar-refractivity contribution in [2.45, 2.75) is 38.6 Å². The minimum Gasteiger partial charge on any atom is -0.343 e. The second kappa shape index (κ2) is 2.75. The van der Waals surface area contributed by atoms with Gasteiger partial charge in [0.25, 0.3) is 0 Å². The van der Waals surface area contributed by atoms with Crippen molar-refractivity contribution in [3.05, 3.63) is 0 Å². The molecule has 2 unspecified atom stereocenters. The number of rotatable bonds is 0. The van der Waals surface area contributed by atoms with Crippen LogP contribution in [0.1, 0.15) is 32.6 Å². The number of amides is 1. The third-order valence-corrected chi connectivity index (χ3v) is 3.70. The molecule has 12 heavy (non-hydrogen) atoms. The van der Waals surface area contributed by atoms with Crippen LogP contribution in [-0.2, 0) is 4.79 Å². The van der Waals surface area contributed by atoms with Gasteiger partial charge in [0.2, 0.25) is 5.91 Å². The first-order chi connectivity index (χ1) is 5.70. The van der Waals surface area contributed by atoms with Crippen LogP contribution in [-0.4, -0.2) is 23.9 Å². The second-order valence-electron chi connectivity index (χ2n) is 4.32. The van der Waals surface area contributed by atoms with E-state index in [2.05, 4.69) is 6.92 Å². The minimum atomic E-state index is 0.389. The Hall–Kier alpha value is -0.530. The first kappa shape index (κ1) is 8.09. The van der Waals surface area contributed by atoms with Crippen LogP contribution in [0.5, 0.6) is 0 Å². The Labute approximate surface area is 73.9 Å². The van der Waals surface area contributed by atoms with E-state index in [9.17, 15) is 4.79 Å². The maximum Gasteiger partial charge on any atom is 0.225 e. The van der Waals surface area contributed by atoms with E-state index in [1.54, 1.807) is 0 Å². The third-order valence-electron chi connectivity index (χ3n) is 3.70. The summed E-state index contributed by atoms with van der Waals surface area (Å²) in [6.07, 6.45) is 4.89. The molecule has 1 saturated carbocycles. The monoisotopic (exact) mass is 167 g/mol. The average Bonchev–Trinajstić information content (AvgIpc) is 2.04. The van der Waals surface area contributed by atoms with Crippen molar-refractivity contribution in [2.24, 2.45) is 11.8 Å². The smallest absolute Gasteiger partial charge is 0.225 e. The van der Waals surface area contributed by atoms with Crippen molar-refractivity contribution in [2.75, 3.05) is 7.05 Å². The lowest BCUT2D eigenvalue weighted by Gasteiger charge is -2.34. The standard InChI is InChI=1S/C10H17NO/c1-7-3-4-8-5-6-9(8)10(12)11(7)2/h7-9H,3-6H2,1-2H3/t7-,8?,9?/m0/s1. The molecule has 0 spiro atoms. The van der Waals surface area contributed by atoms with Crippen molar-refractivity contribution >= 4 is 5.91 Å². The fourth-order valence-electron chi connectivity index (χ4n) is 2.37. The number of carbonyl (C=O) groups excluding carboxylic acids is 1. The number of nitrogens with zero attached hydrogens (tertiary/aromatic N) is 1. The Kier molecular flexibility index (Phi) is 1.85. The summed E-state index contributed by atoms with van der Waals surface area (Å²) in [6.45, 7) is 2.16. The molecule has 1 saturated heterocycles. The highest BCUT2D eigenvalue weighted by molar-refractivity contribution is 5.80. The molecule has 2 rings (SSSR count). The number of hydrogen-bond acceptors (Lipinski definition) is 1. The zero-order valence-corrected chi connectivity index (χ0v) is 7.92. The first-order valence-electron chi connectivity index (χ1n) is 4.97. The molecular weight excluding hydrogens is 150 g/mol. The van der Waals surface area contributed by atoms with E-state index >= 15 is 0 Å². The summed E-state index contributed by atoms with van der Waals surface area (Å²) in [5.41, 5.74) is 0. The van der Waals surface area contributed by atoms with Crippen LogP contribution < -0.4 is 0 Å². The second-order valence-corrected chi connectivity index (χ2v) is 4.32. The Morgan fingerprint density at radius 3 is 2.50 bits per heavy atom. The topological polar surface area (TPSA) is 20.3 Å². The van der Waals surface area contributed by atoms with Gasteiger partial charge in [0, 0.05) is 19.0 Å². The molecule has 0 aromatic heterocycles. The summed E-state index contributed by atoms with van der Waals surface area (Å²) >= 11 is 0. The zero-order chi connectivity index (χ0) is 8.72. The Morgan fingerprint density at radius 2 is 1.92 bits per heavy atom. The number of likely N-dealkylation sites (tertiary alicyclic amines) is 1. The van der Waals surface area contributed by atoms with Crippen molar-refractivity contribution in [3.63, 3.8) is 0 Å². The van der Waals surface area contributed by atoms with Gasteiger partial charge in [0.05, 0.1) is 0 Å². The molecule has 0 radical (unpaired) electrons. The lowest BCUT2D eigenvalue weighted by molar-refractivity contribution is -0.139. The maximum atomic E-state index is 11.7. The Morgan fingerprint density at radius 1 is 1.25 bits per heavy atom. The predicted octanol–water partition coefficient (Wildman–Crippen LogP) is 1.65. The molecule has 68 valence electrons. The fraction of sp³-hybridized carbons (Fsp3) is 0.900. The normalized spacial score (nSPS) is 41.7. The predicted molar refractivity (Wildman–Crippen MR) is 47.7 cm³/mol. The lowest BCUT2D eigenvalue weighted by Crippen LogP contribution is -2.41. The van der Waals surface area contributed by atoms with Gasteiger partial charge in [0.1, 0.15) is 0 Å². The Balaban J connectivity index is 2.13. The molecule has 1 amide bonds. The van der Waals surface area contributed by atoms with Crippen LogP contribution in [0.2, 0.25) is 0 Å². The molecule has 2 nitrogen and oxygen atoms in total. The van der Waals surface area contributed by atoms with E-state index in [4.69, 9.17) is 0 Å². The molecule has 1 heterocycles. The molecule has 0 aromatic rings. The molecule has 0 N–H and O–H groups in total. The summed E-state index contributed by atoms with van der Waals surface area (Å²) in [5, 5.41) is 0. The average molecular weight is 167 g/mol. The molecule has 2 aliphatic rings. The van der Waals surface area contributed by atoms with Gasteiger partial charge in [-0.3, -0.25) is 4.79 Å². The van der Waals surface area contributed by atoms with Gasteiger partial charge >= 0.3 is 0 Å². The van der Waals surface area contributed by atoms with E-state index in [-0.39, 0.29) is 0 Å². The summed E-state index contributed by atoms with van der Waals surface area (Å²) < 4.78 is 0. The molecule has 3 atom stereocenters. The first-order valence-corrected chi connectivity index (χ1v) is 4.97. The van der Waals surface area contributed by atoms with E-state index in [0.717, 1.165) is 12.3 Å². The minimum absolute atomic E-state index is 0.389. The highest BCUT2D eigenvalue weighted by Gasteiger charge is 2.40. The third kappa shape index (κ3) is 1.05.